The molecule has 198 valence electrons. The second-order valence-electron chi connectivity index (χ2n) is 10.6. The number of nitrogens with zero attached hydrogens (tertiary/aromatic N) is 5. The van der Waals surface area contributed by atoms with E-state index in [0.717, 1.165) is 79.6 Å². The summed E-state index contributed by atoms with van der Waals surface area (Å²) in [6.07, 6.45) is 16.7. The van der Waals surface area contributed by atoms with Gasteiger partial charge in [-0.25, -0.2) is 4.98 Å². The van der Waals surface area contributed by atoms with Crippen LogP contribution in [-0.4, -0.2) is 35.1 Å². The SMILES string of the molecule is C=C(CC1CCCCC1)Nc1cncc(-c2cc3c(-c4cc5c(-c6ccccn6)ccnc5[nH]4)n[nH]c3cn2)c1. The molecule has 0 atom stereocenters. The summed E-state index contributed by atoms with van der Waals surface area (Å²) in [5.41, 5.74) is 9.00. The Labute approximate surface area is 232 Å². The molecule has 0 radical (unpaired) electrons. The number of fused-ring (bicyclic) bond motifs is 2. The second-order valence-corrected chi connectivity index (χ2v) is 10.6. The minimum Gasteiger partial charge on any atom is -0.358 e. The van der Waals surface area contributed by atoms with E-state index in [1.165, 1.54) is 32.1 Å². The number of hydrogen-bond donors (Lipinski definition) is 3. The van der Waals surface area contributed by atoms with Crippen LogP contribution in [0.4, 0.5) is 5.69 Å². The van der Waals surface area contributed by atoms with Crippen molar-refractivity contribution in [2.24, 2.45) is 5.92 Å². The van der Waals surface area contributed by atoms with Crippen LogP contribution in [0.3, 0.4) is 0 Å². The molecule has 0 saturated heterocycles. The average Bonchev–Trinajstić information content (AvgIpc) is 3.62. The van der Waals surface area contributed by atoms with Gasteiger partial charge in [0.25, 0.3) is 0 Å². The molecule has 0 aliphatic heterocycles. The first-order valence-electron chi connectivity index (χ1n) is 13.8. The number of hydrogen-bond acceptors (Lipinski definition) is 6. The summed E-state index contributed by atoms with van der Waals surface area (Å²) in [6, 6.07) is 14.1. The fourth-order valence-electron chi connectivity index (χ4n) is 5.82. The lowest BCUT2D eigenvalue weighted by atomic mass is 9.86. The number of nitrogens with one attached hydrogen (secondary N) is 3. The van der Waals surface area contributed by atoms with Gasteiger partial charge in [0.1, 0.15) is 11.3 Å². The minimum atomic E-state index is 0.730. The van der Waals surface area contributed by atoms with Crippen molar-refractivity contribution in [3.8, 4) is 33.9 Å². The zero-order chi connectivity index (χ0) is 26.9. The topological polar surface area (TPSA) is 108 Å². The Morgan fingerprint density at radius 1 is 0.900 bits per heavy atom. The van der Waals surface area contributed by atoms with E-state index in [1.54, 1.807) is 12.4 Å². The van der Waals surface area contributed by atoms with Crippen molar-refractivity contribution in [1.82, 2.24) is 35.1 Å². The minimum absolute atomic E-state index is 0.730. The molecule has 8 heteroatoms. The molecule has 7 rings (SSSR count). The van der Waals surface area contributed by atoms with Crippen molar-refractivity contribution in [3.05, 3.63) is 85.7 Å². The number of pyridine rings is 4. The van der Waals surface area contributed by atoms with E-state index in [1.807, 2.05) is 42.9 Å². The van der Waals surface area contributed by atoms with Gasteiger partial charge < -0.3 is 10.3 Å². The highest BCUT2D eigenvalue weighted by Crippen LogP contribution is 2.34. The highest BCUT2D eigenvalue weighted by Gasteiger charge is 2.17. The van der Waals surface area contributed by atoms with Crippen LogP contribution in [0.1, 0.15) is 38.5 Å². The lowest BCUT2D eigenvalue weighted by Gasteiger charge is -2.22. The molecule has 6 aromatic heterocycles. The van der Waals surface area contributed by atoms with E-state index in [4.69, 9.17) is 4.98 Å². The maximum Gasteiger partial charge on any atom is 0.138 e. The maximum atomic E-state index is 4.70. The molecular formula is C32H30N8. The fraction of sp³-hybridized carbons (Fsp3) is 0.219. The molecule has 6 aromatic rings. The molecule has 1 aliphatic carbocycles. The van der Waals surface area contributed by atoms with Gasteiger partial charge in [0.05, 0.1) is 40.7 Å². The molecule has 0 spiro atoms. The molecule has 1 aliphatic rings. The largest absolute Gasteiger partial charge is 0.358 e. The Morgan fingerprint density at radius 3 is 2.70 bits per heavy atom. The van der Waals surface area contributed by atoms with Gasteiger partial charge in [0, 0.05) is 46.2 Å². The van der Waals surface area contributed by atoms with E-state index in [2.05, 4.69) is 60.2 Å². The van der Waals surface area contributed by atoms with Gasteiger partial charge in [-0.3, -0.25) is 20.1 Å². The fourth-order valence-corrected chi connectivity index (χ4v) is 5.82. The standard InChI is InChI=1S/C32H30N8/c1-20(13-21-7-3-2-4-8-21)37-23-14-22(17-33-18-23)28-16-26-30(19-36-28)39-40-31(26)29-15-25-24(10-12-35-32(25)38-29)27-9-5-6-11-34-27/h5-6,9-12,14-19,21,37H,1-4,7-8,13H2,(H,35,38)(H,39,40). The summed E-state index contributed by atoms with van der Waals surface area (Å²) < 4.78 is 0. The summed E-state index contributed by atoms with van der Waals surface area (Å²) in [7, 11) is 0. The molecule has 1 saturated carbocycles. The van der Waals surface area contributed by atoms with Gasteiger partial charge >= 0.3 is 0 Å². The van der Waals surface area contributed by atoms with Gasteiger partial charge in [0.2, 0.25) is 0 Å². The molecule has 6 heterocycles. The highest BCUT2D eigenvalue weighted by molar-refractivity contribution is 5.99. The second kappa shape index (κ2) is 10.4. The lowest BCUT2D eigenvalue weighted by molar-refractivity contribution is 0.357. The van der Waals surface area contributed by atoms with Crippen LogP contribution in [0.25, 0.3) is 55.8 Å². The third kappa shape index (κ3) is 4.73. The predicted octanol–water partition coefficient (Wildman–Crippen LogP) is 7.52. The van der Waals surface area contributed by atoms with Crippen molar-refractivity contribution in [1.29, 1.82) is 0 Å². The van der Waals surface area contributed by atoms with Crippen LogP contribution in [0.5, 0.6) is 0 Å². The first-order chi connectivity index (χ1) is 19.7. The summed E-state index contributed by atoms with van der Waals surface area (Å²) >= 11 is 0. The van der Waals surface area contributed by atoms with Crippen LogP contribution in [0.15, 0.2) is 85.7 Å². The first-order valence-corrected chi connectivity index (χ1v) is 13.8. The molecule has 0 amide bonds. The van der Waals surface area contributed by atoms with Crippen molar-refractivity contribution in [2.45, 2.75) is 38.5 Å². The summed E-state index contributed by atoms with van der Waals surface area (Å²) in [6.45, 7) is 4.29. The predicted molar refractivity (Wildman–Crippen MR) is 159 cm³/mol. The summed E-state index contributed by atoms with van der Waals surface area (Å²) in [5.74, 6) is 0.730. The molecule has 40 heavy (non-hydrogen) atoms. The number of H-pyrrole nitrogens is 2. The molecule has 3 N–H and O–H groups in total. The first kappa shape index (κ1) is 24.2. The van der Waals surface area contributed by atoms with Gasteiger partial charge in [0.15, 0.2) is 0 Å². The highest BCUT2D eigenvalue weighted by atomic mass is 15.1. The molecule has 0 bridgehead atoms. The number of allylic oxidation sites excluding steroid dienone is 1. The third-order valence-corrected chi connectivity index (χ3v) is 7.79. The summed E-state index contributed by atoms with van der Waals surface area (Å²) in [5, 5.41) is 13.2. The lowest BCUT2D eigenvalue weighted by Crippen LogP contribution is -2.10. The van der Waals surface area contributed by atoms with Crippen LogP contribution in [0, 0.1) is 5.92 Å². The van der Waals surface area contributed by atoms with E-state index in [9.17, 15) is 0 Å². The summed E-state index contributed by atoms with van der Waals surface area (Å²) in [4.78, 5) is 21.7. The Morgan fingerprint density at radius 2 is 1.82 bits per heavy atom. The quantitative estimate of drug-likeness (QED) is 0.198. The van der Waals surface area contributed by atoms with E-state index >= 15 is 0 Å². The van der Waals surface area contributed by atoms with Crippen molar-refractivity contribution >= 4 is 27.6 Å². The van der Waals surface area contributed by atoms with Crippen LogP contribution in [-0.2, 0) is 0 Å². The normalized spacial score (nSPS) is 14.1. The third-order valence-electron chi connectivity index (χ3n) is 7.79. The smallest absolute Gasteiger partial charge is 0.138 e. The van der Waals surface area contributed by atoms with Gasteiger partial charge in [-0.05, 0) is 48.7 Å². The Balaban J connectivity index is 1.19. The monoisotopic (exact) mass is 526 g/mol. The molecule has 1 fully saturated rings. The van der Waals surface area contributed by atoms with E-state index in [0.29, 0.717) is 0 Å². The number of anilines is 1. The van der Waals surface area contributed by atoms with Gasteiger partial charge in [-0.15, -0.1) is 0 Å². The maximum absolute atomic E-state index is 4.70. The number of rotatable bonds is 7. The Bertz CT molecular complexity index is 1810. The van der Waals surface area contributed by atoms with E-state index < -0.39 is 0 Å². The van der Waals surface area contributed by atoms with Gasteiger partial charge in [-0.1, -0.05) is 44.7 Å². The zero-order valence-corrected chi connectivity index (χ0v) is 22.2. The van der Waals surface area contributed by atoms with E-state index in [-0.39, 0.29) is 0 Å². The molecule has 0 aromatic carbocycles. The zero-order valence-electron chi connectivity index (χ0n) is 22.2. The van der Waals surface area contributed by atoms with Crippen LogP contribution >= 0.6 is 0 Å². The van der Waals surface area contributed by atoms with Crippen molar-refractivity contribution in [2.75, 3.05) is 5.32 Å². The van der Waals surface area contributed by atoms with Crippen LogP contribution in [0.2, 0.25) is 0 Å². The van der Waals surface area contributed by atoms with Crippen molar-refractivity contribution < 1.29 is 0 Å². The Hall–Kier alpha value is -4.85. The molecular weight excluding hydrogens is 496 g/mol. The number of aromatic nitrogens is 7. The van der Waals surface area contributed by atoms with Crippen molar-refractivity contribution in [3.63, 3.8) is 0 Å². The molecule has 0 unspecified atom stereocenters. The average molecular weight is 527 g/mol. The number of aromatic amines is 2. The Kier molecular flexibility index (Phi) is 6.28. The van der Waals surface area contributed by atoms with Gasteiger partial charge in [-0.2, -0.15) is 5.10 Å². The molecule has 8 nitrogen and oxygen atoms in total. The van der Waals surface area contributed by atoms with Crippen LogP contribution < -0.4 is 5.32 Å².